The van der Waals surface area contributed by atoms with Gasteiger partial charge in [0.05, 0.1) is 0 Å². The third kappa shape index (κ3) is 22.4. The van der Waals surface area contributed by atoms with Gasteiger partial charge in [-0.25, -0.2) is 0 Å². The molecule has 0 aliphatic heterocycles. The van der Waals surface area contributed by atoms with Crippen molar-refractivity contribution in [2.45, 2.75) is 233 Å². The Hall–Kier alpha value is -6.24. The molecule has 0 amide bonds. The molecule has 0 atom stereocenters. The van der Waals surface area contributed by atoms with Crippen LogP contribution in [-0.2, 0) is 32.5 Å². The highest BCUT2D eigenvalue weighted by Gasteiger charge is 2.21. The molecule has 0 spiro atoms. The van der Waals surface area contributed by atoms with E-state index in [4.69, 9.17) is 4.11 Å². The van der Waals surface area contributed by atoms with Crippen LogP contribution >= 0.6 is 0 Å². The fourth-order valence-corrected chi connectivity index (χ4v) is 11.2. The molecule has 0 aliphatic carbocycles. The topological polar surface area (TPSA) is 0 Å². The maximum atomic E-state index is 7.33. The van der Waals surface area contributed by atoms with Gasteiger partial charge in [-0.15, -0.1) is 0 Å². The molecular weight excluding hydrogens is 997 g/mol. The summed E-state index contributed by atoms with van der Waals surface area (Å²) in [6, 6.07) is 57.8. The van der Waals surface area contributed by atoms with Gasteiger partial charge in [-0.3, -0.25) is 0 Å². The second-order valence-electron chi connectivity index (χ2n) is 29.7. The Morgan fingerprint density at radius 2 is 0.602 bits per heavy atom. The van der Waals surface area contributed by atoms with Crippen LogP contribution in [0.5, 0.6) is 0 Å². The molecule has 0 saturated heterocycles. The summed E-state index contributed by atoms with van der Waals surface area (Å²) in [5.41, 5.74) is 28.9. The molecule has 0 N–H and O–H groups in total. The monoisotopic (exact) mass is 1110 g/mol. The van der Waals surface area contributed by atoms with E-state index in [1.54, 1.807) is 12.1 Å². The highest BCUT2D eigenvalue weighted by molar-refractivity contribution is 5.69. The maximum Gasteiger partial charge on any atom is 0.0280 e. The zero-order chi connectivity index (χ0) is 65.7. The Bertz CT molecular complexity index is 3410. The fraction of sp³-hybridized carbons (Fsp3) is 0.422. The van der Waals surface area contributed by atoms with Crippen molar-refractivity contribution in [3.8, 4) is 22.3 Å². The minimum Gasteiger partial charge on any atom is -0.0622 e. The van der Waals surface area contributed by atoms with Crippen LogP contribution in [-0.4, -0.2) is 0 Å². The van der Waals surface area contributed by atoms with Crippen molar-refractivity contribution in [3.05, 3.63) is 258 Å². The molecule has 0 fully saturated rings. The second-order valence-corrected chi connectivity index (χ2v) is 29.7. The first-order chi connectivity index (χ1) is 39.2. The van der Waals surface area contributed by atoms with Crippen LogP contribution in [0.2, 0.25) is 0 Å². The summed E-state index contributed by atoms with van der Waals surface area (Å²) in [6.45, 7) is 60.0. The number of benzene rings is 8. The molecule has 8 aromatic carbocycles. The summed E-state index contributed by atoms with van der Waals surface area (Å²) in [5, 5.41) is 0. The summed E-state index contributed by atoms with van der Waals surface area (Å²) in [6.07, 6.45) is 0. The van der Waals surface area contributed by atoms with Crippen molar-refractivity contribution in [3.63, 3.8) is 0 Å². The van der Waals surface area contributed by atoms with Gasteiger partial charge in [0, 0.05) is 4.11 Å². The summed E-state index contributed by atoms with van der Waals surface area (Å²) in [7, 11) is 0. The van der Waals surface area contributed by atoms with Crippen molar-refractivity contribution in [2.75, 3.05) is 0 Å². The van der Waals surface area contributed by atoms with Gasteiger partial charge in [0.15, 0.2) is 0 Å². The van der Waals surface area contributed by atoms with E-state index in [1.165, 1.54) is 106 Å². The first-order valence-electron chi connectivity index (χ1n) is 31.9. The van der Waals surface area contributed by atoms with Gasteiger partial charge in [0.25, 0.3) is 0 Å². The largest absolute Gasteiger partial charge is 0.0622 e. The zero-order valence-electron chi connectivity index (χ0n) is 60.6. The molecule has 0 heterocycles. The first-order valence-corrected chi connectivity index (χ1v) is 30.4. The second kappa shape index (κ2) is 29.5. The van der Waals surface area contributed by atoms with E-state index in [0.29, 0.717) is 5.56 Å². The van der Waals surface area contributed by atoms with E-state index in [0.717, 1.165) is 5.56 Å². The normalized spacial score (nSPS) is 12.4. The molecule has 0 bridgehead atoms. The molecule has 0 heteroatoms. The maximum absolute atomic E-state index is 7.33. The Kier molecular flexibility index (Phi) is 23.4. The van der Waals surface area contributed by atoms with E-state index in [9.17, 15) is 0 Å². The highest BCUT2D eigenvalue weighted by Crippen LogP contribution is 2.35. The Balaban J connectivity index is 0.000000272. The SMILES string of the molecule is Cc1cc(C)c(C(C)(C)C)cc1-c1ccccc1.Cc1cc(C)c(C)c(C(C)(C)C)c1.Cc1ccc(-c2ccccc2)cc1C(C)(C)C.Cc1ccc(C(C)(C)C)c(C)c1.Cc1ccccc1C(C)(C)C.[2H]C([2H])([2H])c1ccc(C(C)(C)C)c(C)c1. The van der Waals surface area contributed by atoms with Gasteiger partial charge >= 0.3 is 0 Å². The highest BCUT2D eigenvalue weighted by atomic mass is 14.3. The fourth-order valence-electron chi connectivity index (χ4n) is 11.2. The first kappa shape index (κ1) is 65.9. The van der Waals surface area contributed by atoms with Crippen molar-refractivity contribution < 1.29 is 4.11 Å². The predicted octanol–water partition coefficient (Wildman–Crippen LogP) is 24.6. The van der Waals surface area contributed by atoms with Crippen LogP contribution in [0.25, 0.3) is 22.3 Å². The molecule has 83 heavy (non-hydrogen) atoms. The standard InChI is InChI=1S/C18H22.C17H20.C13H20.2C12H18.C11H16/c1-13-11-14(2)17(18(3,4)5)12-16(13)15-9-7-6-8-10-15;1-13-10-11-15(12-16(13)17(2,3)4)14-8-6-5-7-9-14;1-9-7-10(2)11(3)12(8-9)13(4,5)6;2*1-9-6-7-11(10(2)8-9)12(3,4)5;1-9-7-5-6-8-10(9)11(2,3)4/h6-12H,1-5H3;5-12H,1-4H3;7-8H,1-6H3;2*6-8H,1-5H3;5-8H,1-4H3/i;;;1D3;;. The minimum absolute atomic E-state index is 0.0668. The van der Waals surface area contributed by atoms with Crippen LogP contribution in [0, 0.1) is 76.1 Å². The average molecular weight is 1110 g/mol. The van der Waals surface area contributed by atoms with E-state index < -0.39 is 6.85 Å². The van der Waals surface area contributed by atoms with Crippen molar-refractivity contribution >= 4 is 0 Å². The molecule has 8 rings (SSSR count). The summed E-state index contributed by atoms with van der Waals surface area (Å²) < 4.78 is 22.0. The molecule has 0 saturated carbocycles. The number of hydrogen-bond donors (Lipinski definition) is 0. The van der Waals surface area contributed by atoms with Crippen molar-refractivity contribution in [1.29, 1.82) is 0 Å². The zero-order valence-corrected chi connectivity index (χ0v) is 57.6. The number of aryl methyl sites for hydroxylation is 10. The Labute approximate surface area is 515 Å². The van der Waals surface area contributed by atoms with E-state index in [-0.39, 0.29) is 32.5 Å². The molecule has 0 unspecified atom stereocenters. The quantitative estimate of drug-likeness (QED) is 0.162. The molecule has 446 valence electrons. The van der Waals surface area contributed by atoms with Crippen LogP contribution in [0.1, 0.15) is 223 Å². The summed E-state index contributed by atoms with van der Waals surface area (Å²) in [4.78, 5) is 0. The number of hydrogen-bond acceptors (Lipinski definition) is 0. The van der Waals surface area contributed by atoms with Gasteiger partial charge in [-0.2, -0.15) is 0 Å². The van der Waals surface area contributed by atoms with Gasteiger partial charge < -0.3 is 0 Å². The predicted molar refractivity (Wildman–Crippen MR) is 374 cm³/mol. The van der Waals surface area contributed by atoms with Crippen molar-refractivity contribution in [2.24, 2.45) is 0 Å². The van der Waals surface area contributed by atoms with E-state index >= 15 is 0 Å². The lowest BCUT2D eigenvalue weighted by Crippen LogP contribution is -2.14. The molecule has 0 radical (unpaired) electrons. The number of rotatable bonds is 2. The van der Waals surface area contributed by atoms with Crippen LogP contribution < -0.4 is 0 Å². The molecule has 0 aromatic heterocycles. The van der Waals surface area contributed by atoms with Gasteiger partial charge in [0.2, 0.25) is 0 Å². The molecular formula is C83H114. The average Bonchev–Trinajstić information content (AvgIpc) is 1.33. The minimum atomic E-state index is -2.00. The van der Waals surface area contributed by atoms with Gasteiger partial charge in [-0.05, 0) is 209 Å². The van der Waals surface area contributed by atoms with Crippen molar-refractivity contribution in [1.82, 2.24) is 0 Å². The van der Waals surface area contributed by atoms with Gasteiger partial charge in [-0.1, -0.05) is 305 Å². The smallest absolute Gasteiger partial charge is 0.0280 e. The lowest BCUT2D eigenvalue weighted by molar-refractivity contribution is 0.584. The Morgan fingerprint density at radius 3 is 1.04 bits per heavy atom. The molecule has 0 aliphatic rings. The van der Waals surface area contributed by atoms with Crippen LogP contribution in [0.15, 0.2) is 164 Å². The van der Waals surface area contributed by atoms with E-state index in [2.05, 4.69) is 333 Å². The Morgan fingerprint density at radius 1 is 0.229 bits per heavy atom. The summed E-state index contributed by atoms with van der Waals surface area (Å²) >= 11 is 0. The lowest BCUT2D eigenvalue weighted by Gasteiger charge is -2.24. The lowest BCUT2D eigenvalue weighted by atomic mass is 9.81. The summed E-state index contributed by atoms with van der Waals surface area (Å²) in [5.74, 6) is 0. The molecule has 0 nitrogen and oxygen atoms in total. The third-order valence-corrected chi connectivity index (χ3v) is 15.4. The van der Waals surface area contributed by atoms with Gasteiger partial charge in [0.1, 0.15) is 0 Å². The third-order valence-electron chi connectivity index (χ3n) is 15.4. The van der Waals surface area contributed by atoms with Crippen LogP contribution in [0.4, 0.5) is 0 Å². The van der Waals surface area contributed by atoms with Crippen LogP contribution in [0.3, 0.4) is 0 Å². The van der Waals surface area contributed by atoms with E-state index in [1.807, 2.05) is 13.0 Å². The molecule has 8 aromatic rings.